The second-order valence-corrected chi connectivity index (χ2v) is 8.29. The normalized spacial score (nSPS) is 28.0. The summed E-state index contributed by atoms with van der Waals surface area (Å²) in [4.78, 5) is 2.31. The largest absolute Gasteiger partial charge is 0.472 e. The first-order chi connectivity index (χ1) is 10.5. The van der Waals surface area contributed by atoms with Gasteiger partial charge in [0.25, 0.3) is 10.2 Å². The lowest BCUT2D eigenvalue weighted by Gasteiger charge is -2.23. The van der Waals surface area contributed by atoms with Crippen LogP contribution < -0.4 is 0 Å². The molecule has 0 aliphatic carbocycles. The Hall–Kier alpha value is -0.930. The van der Waals surface area contributed by atoms with Gasteiger partial charge in [-0.15, -0.1) is 0 Å². The van der Waals surface area contributed by atoms with E-state index < -0.39 is 10.2 Å². The molecule has 1 aromatic rings. The zero-order valence-corrected chi connectivity index (χ0v) is 13.8. The topological polar surface area (TPSA) is 66.2 Å². The van der Waals surface area contributed by atoms with Crippen LogP contribution >= 0.6 is 0 Å². The lowest BCUT2D eigenvalue weighted by Crippen LogP contribution is -2.40. The molecule has 0 saturated carbocycles. The summed E-state index contributed by atoms with van der Waals surface area (Å²) in [6.45, 7) is 4.12. The van der Waals surface area contributed by atoms with Crippen LogP contribution in [0, 0.1) is 5.92 Å². The summed E-state index contributed by atoms with van der Waals surface area (Å²) < 4.78 is 38.3. The van der Waals surface area contributed by atoms with Crippen LogP contribution in [-0.4, -0.2) is 74.9 Å². The van der Waals surface area contributed by atoms with E-state index in [2.05, 4.69) is 4.90 Å². The van der Waals surface area contributed by atoms with Crippen molar-refractivity contribution in [2.45, 2.75) is 12.6 Å². The third-order valence-electron chi connectivity index (χ3n) is 4.35. The Kier molecular flexibility index (Phi) is 4.56. The van der Waals surface area contributed by atoms with E-state index in [-0.39, 0.29) is 12.0 Å². The summed E-state index contributed by atoms with van der Waals surface area (Å²) in [5.74, 6) is 0.212. The van der Waals surface area contributed by atoms with Gasteiger partial charge in [-0.2, -0.15) is 17.0 Å². The molecule has 0 unspecified atom stereocenters. The maximum Gasteiger partial charge on any atom is 0.281 e. The molecule has 2 fully saturated rings. The van der Waals surface area contributed by atoms with Crippen molar-refractivity contribution in [2.24, 2.45) is 5.92 Å². The summed E-state index contributed by atoms with van der Waals surface area (Å²) in [5, 5.41) is 0. The van der Waals surface area contributed by atoms with E-state index in [0.717, 1.165) is 25.2 Å². The van der Waals surface area contributed by atoms with Gasteiger partial charge in [0.05, 0.1) is 25.2 Å². The van der Waals surface area contributed by atoms with Crippen LogP contribution in [0.25, 0.3) is 0 Å². The van der Waals surface area contributed by atoms with E-state index in [0.29, 0.717) is 19.7 Å². The van der Waals surface area contributed by atoms with Gasteiger partial charge in [0.1, 0.15) is 0 Å². The van der Waals surface area contributed by atoms with Gasteiger partial charge in [0, 0.05) is 58.3 Å². The highest BCUT2D eigenvalue weighted by Crippen LogP contribution is 2.27. The highest BCUT2D eigenvalue weighted by Gasteiger charge is 2.41. The first kappa shape index (κ1) is 15.9. The lowest BCUT2D eigenvalue weighted by molar-refractivity contribution is 0.0545. The highest BCUT2D eigenvalue weighted by atomic mass is 32.2. The van der Waals surface area contributed by atoms with E-state index in [1.54, 1.807) is 26.6 Å². The number of fused-ring (bicyclic) bond motifs is 1. The average Bonchev–Trinajstić information content (AvgIpc) is 3.06. The van der Waals surface area contributed by atoms with Gasteiger partial charge in [-0.05, 0) is 6.07 Å². The van der Waals surface area contributed by atoms with Crippen LogP contribution in [0.2, 0.25) is 0 Å². The molecule has 0 spiro atoms. The minimum atomic E-state index is -3.36. The Morgan fingerprint density at radius 2 is 2.14 bits per heavy atom. The minimum absolute atomic E-state index is 0.0101. The maximum atomic E-state index is 12.3. The predicted octanol–water partition coefficient (Wildman–Crippen LogP) is 0.219. The molecular weight excluding hydrogens is 306 g/mol. The third kappa shape index (κ3) is 3.21. The van der Waals surface area contributed by atoms with Crippen molar-refractivity contribution < 1.29 is 17.6 Å². The number of nitrogens with zero attached hydrogens (tertiary/aromatic N) is 3. The molecule has 22 heavy (non-hydrogen) atoms. The molecule has 8 heteroatoms. The second-order valence-electron chi connectivity index (χ2n) is 6.14. The van der Waals surface area contributed by atoms with Crippen molar-refractivity contribution in [2.75, 3.05) is 46.9 Å². The molecule has 0 radical (unpaired) electrons. The zero-order chi connectivity index (χ0) is 15.7. The number of hydrogen-bond donors (Lipinski definition) is 0. The average molecular weight is 329 g/mol. The summed E-state index contributed by atoms with van der Waals surface area (Å²) in [7, 11) is -0.231. The van der Waals surface area contributed by atoms with Gasteiger partial charge >= 0.3 is 0 Å². The molecule has 0 bridgehead atoms. The molecular formula is C14H23N3O4S. The zero-order valence-electron chi connectivity index (χ0n) is 13.0. The quantitative estimate of drug-likeness (QED) is 0.790. The van der Waals surface area contributed by atoms with Crippen LogP contribution in [0.4, 0.5) is 0 Å². The monoisotopic (exact) mass is 329 g/mol. The van der Waals surface area contributed by atoms with Crippen molar-refractivity contribution in [3.8, 4) is 0 Å². The van der Waals surface area contributed by atoms with Gasteiger partial charge in [-0.1, -0.05) is 0 Å². The number of ether oxygens (including phenoxy) is 1. The molecule has 1 aromatic heterocycles. The Morgan fingerprint density at radius 3 is 2.82 bits per heavy atom. The number of hydrogen-bond acceptors (Lipinski definition) is 5. The van der Waals surface area contributed by atoms with Gasteiger partial charge in [-0.3, -0.25) is 4.90 Å². The Bertz CT molecular complexity index is 587. The Labute approximate surface area is 131 Å². The molecule has 3 heterocycles. The molecule has 2 aliphatic heterocycles. The van der Waals surface area contributed by atoms with E-state index in [9.17, 15) is 8.42 Å². The van der Waals surface area contributed by atoms with Crippen molar-refractivity contribution in [3.05, 3.63) is 24.2 Å². The van der Waals surface area contributed by atoms with E-state index in [1.165, 1.54) is 8.61 Å². The van der Waals surface area contributed by atoms with E-state index in [1.807, 2.05) is 6.07 Å². The maximum absolute atomic E-state index is 12.3. The van der Waals surface area contributed by atoms with Crippen LogP contribution in [0.1, 0.15) is 5.56 Å². The molecule has 0 N–H and O–H groups in total. The molecule has 2 atom stereocenters. The van der Waals surface area contributed by atoms with Crippen molar-refractivity contribution in [1.29, 1.82) is 0 Å². The molecule has 2 aliphatic rings. The fourth-order valence-electron chi connectivity index (χ4n) is 3.13. The van der Waals surface area contributed by atoms with Crippen LogP contribution in [0.15, 0.2) is 23.0 Å². The molecule has 7 nitrogen and oxygen atoms in total. The van der Waals surface area contributed by atoms with Gasteiger partial charge in [-0.25, -0.2) is 0 Å². The molecule has 0 aromatic carbocycles. The molecule has 124 valence electrons. The van der Waals surface area contributed by atoms with Crippen molar-refractivity contribution >= 4 is 10.2 Å². The standard InChI is InChI=1S/C14H23N3O4S/c1-15(2)22(18,19)17-9-13-8-16(4-6-21-14(13)10-17)7-12-3-5-20-11-12/h3,5,11,13-14H,4,6-10H2,1-2H3/t13-,14+/m0/s1. The van der Waals surface area contributed by atoms with Crippen molar-refractivity contribution in [3.63, 3.8) is 0 Å². The smallest absolute Gasteiger partial charge is 0.281 e. The number of furan rings is 1. The second kappa shape index (κ2) is 6.29. The Morgan fingerprint density at radius 1 is 1.32 bits per heavy atom. The van der Waals surface area contributed by atoms with E-state index in [4.69, 9.17) is 9.15 Å². The SMILES string of the molecule is CN(C)S(=O)(=O)N1C[C@@H]2CN(Cc3ccoc3)CCO[C@@H]2C1. The number of rotatable bonds is 4. The van der Waals surface area contributed by atoms with E-state index >= 15 is 0 Å². The molecule has 3 rings (SSSR count). The summed E-state index contributed by atoms with van der Waals surface area (Å²) in [6, 6.07) is 1.96. The Balaban J connectivity index is 1.66. The van der Waals surface area contributed by atoms with Crippen LogP contribution in [0.5, 0.6) is 0 Å². The first-order valence-electron chi connectivity index (χ1n) is 7.49. The summed E-state index contributed by atoms with van der Waals surface area (Å²) in [5.41, 5.74) is 1.13. The first-order valence-corrected chi connectivity index (χ1v) is 8.89. The summed E-state index contributed by atoms with van der Waals surface area (Å²) >= 11 is 0. The van der Waals surface area contributed by atoms with Crippen LogP contribution in [-0.2, 0) is 21.5 Å². The third-order valence-corrected chi connectivity index (χ3v) is 6.23. The fourth-order valence-corrected chi connectivity index (χ4v) is 4.30. The van der Waals surface area contributed by atoms with Gasteiger partial charge in [0.2, 0.25) is 0 Å². The molecule has 2 saturated heterocycles. The minimum Gasteiger partial charge on any atom is -0.472 e. The highest BCUT2D eigenvalue weighted by molar-refractivity contribution is 7.86. The lowest BCUT2D eigenvalue weighted by atomic mass is 10.1. The van der Waals surface area contributed by atoms with Gasteiger partial charge in [0.15, 0.2) is 0 Å². The van der Waals surface area contributed by atoms with Crippen LogP contribution in [0.3, 0.4) is 0 Å². The predicted molar refractivity (Wildman–Crippen MR) is 81.4 cm³/mol. The molecule has 0 amide bonds. The fraction of sp³-hybridized carbons (Fsp3) is 0.714. The van der Waals surface area contributed by atoms with Crippen molar-refractivity contribution in [1.82, 2.24) is 13.5 Å². The van der Waals surface area contributed by atoms with Gasteiger partial charge < -0.3 is 9.15 Å². The summed E-state index contributed by atoms with van der Waals surface area (Å²) in [6.07, 6.45) is 3.41.